The Bertz CT molecular complexity index is 931. The summed E-state index contributed by atoms with van der Waals surface area (Å²) < 4.78 is 1.60. The van der Waals surface area contributed by atoms with E-state index in [1.54, 1.807) is 16.8 Å². The van der Waals surface area contributed by atoms with Crippen LogP contribution < -0.4 is 11.1 Å². The van der Waals surface area contributed by atoms with E-state index >= 15 is 0 Å². The van der Waals surface area contributed by atoms with Gasteiger partial charge in [0.2, 0.25) is 0 Å². The number of amides is 2. The van der Waals surface area contributed by atoms with Crippen molar-refractivity contribution in [1.29, 1.82) is 0 Å². The van der Waals surface area contributed by atoms with Crippen LogP contribution in [-0.4, -0.2) is 26.9 Å². The molecule has 2 amide bonds. The number of nitrogens with zero attached hydrogens (tertiary/aromatic N) is 2. The molecule has 0 aliphatic rings. The molecular weight excluding hydrogens is 320 g/mol. The van der Waals surface area contributed by atoms with Gasteiger partial charge < -0.3 is 10.8 Å². The van der Waals surface area contributed by atoms with Gasteiger partial charge in [-0.25, -0.2) is 14.3 Å². The molecule has 3 rings (SSSR count). The molecule has 1 heterocycles. The Morgan fingerprint density at radius 3 is 2.28 bits per heavy atom. The maximum atomic E-state index is 11.4. The molecule has 2 aromatic carbocycles. The standard InChI is InChI=1S/C18H16N4O3/c1-11-15(12-7-9-13(10-8-12)17(23)24)21-22(16(11)20-18(19)25)14-5-3-2-4-6-14/h2-10H,1H3,(H,23,24)(H3,19,20,25). The van der Waals surface area contributed by atoms with Crippen molar-refractivity contribution >= 4 is 17.8 Å². The van der Waals surface area contributed by atoms with E-state index in [9.17, 15) is 9.59 Å². The average Bonchev–Trinajstić information content (AvgIpc) is 2.92. The summed E-state index contributed by atoms with van der Waals surface area (Å²) in [6.45, 7) is 1.82. The summed E-state index contributed by atoms with van der Waals surface area (Å²) in [4.78, 5) is 22.4. The summed E-state index contributed by atoms with van der Waals surface area (Å²) in [5, 5.41) is 16.2. The lowest BCUT2D eigenvalue weighted by atomic mass is 10.1. The van der Waals surface area contributed by atoms with Gasteiger partial charge in [0.1, 0.15) is 5.82 Å². The van der Waals surface area contributed by atoms with Gasteiger partial charge in [0, 0.05) is 11.1 Å². The first kappa shape index (κ1) is 16.3. The van der Waals surface area contributed by atoms with E-state index in [1.807, 2.05) is 37.3 Å². The number of anilines is 1. The molecule has 4 N–H and O–H groups in total. The van der Waals surface area contributed by atoms with Crippen LogP contribution in [0.15, 0.2) is 54.6 Å². The van der Waals surface area contributed by atoms with E-state index in [4.69, 9.17) is 10.8 Å². The summed E-state index contributed by atoms with van der Waals surface area (Å²) in [5.41, 5.74) is 8.34. The molecule has 0 unspecified atom stereocenters. The number of nitrogens with two attached hydrogens (primary N) is 1. The number of urea groups is 1. The van der Waals surface area contributed by atoms with Crippen LogP contribution in [0.4, 0.5) is 10.6 Å². The lowest BCUT2D eigenvalue weighted by Crippen LogP contribution is -2.21. The first-order chi connectivity index (χ1) is 12.0. The highest BCUT2D eigenvalue weighted by Crippen LogP contribution is 2.30. The highest BCUT2D eigenvalue weighted by Gasteiger charge is 2.18. The van der Waals surface area contributed by atoms with E-state index < -0.39 is 12.0 Å². The van der Waals surface area contributed by atoms with Crippen LogP contribution in [0.1, 0.15) is 15.9 Å². The van der Waals surface area contributed by atoms with Gasteiger partial charge in [-0.15, -0.1) is 0 Å². The van der Waals surface area contributed by atoms with E-state index in [0.717, 1.165) is 16.8 Å². The Hall–Kier alpha value is -3.61. The maximum Gasteiger partial charge on any atom is 0.335 e. The van der Waals surface area contributed by atoms with Gasteiger partial charge >= 0.3 is 12.0 Å². The number of rotatable bonds is 4. The zero-order chi connectivity index (χ0) is 18.0. The van der Waals surface area contributed by atoms with Crippen LogP contribution in [0.2, 0.25) is 0 Å². The van der Waals surface area contributed by atoms with Crippen molar-refractivity contribution in [2.75, 3.05) is 5.32 Å². The molecule has 0 spiro atoms. The zero-order valence-electron chi connectivity index (χ0n) is 13.4. The molecule has 0 atom stereocenters. The molecule has 25 heavy (non-hydrogen) atoms. The number of benzene rings is 2. The summed E-state index contributed by atoms with van der Waals surface area (Å²) >= 11 is 0. The van der Waals surface area contributed by atoms with Crippen molar-refractivity contribution in [2.45, 2.75) is 6.92 Å². The Morgan fingerprint density at radius 1 is 1.08 bits per heavy atom. The normalized spacial score (nSPS) is 10.4. The smallest absolute Gasteiger partial charge is 0.335 e. The molecular formula is C18H16N4O3. The van der Waals surface area contributed by atoms with Crippen LogP contribution in [0.3, 0.4) is 0 Å². The second-order valence-electron chi connectivity index (χ2n) is 5.44. The van der Waals surface area contributed by atoms with Crippen molar-refractivity contribution in [1.82, 2.24) is 9.78 Å². The molecule has 0 bridgehead atoms. The van der Waals surface area contributed by atoms with Crippen LogP contribution in [-0.2, 0) is 0 Å². The summed E-state index contributed by atoms with van der Waals surface area (Å²) in [6, 6.07) is 15.0. The minimum absolute atomic E-state index is 0.194. The van der Waals surface area contributed by atoms with Crippen LogP contribution in [0, 0.1) is 6.92 Å². The van der Waals surface area contributed by atoms with Crippen molar-refractivity contribution in [3.63, 3.8) is 0 Å². The first-order valence-electron chi connectivity index (χ1n) is 7.52. The molecule has 126 valence electrons. The predicted molar refractivity (Wildman–Crippen MR) is 93.9 cm³/mol. The van der Waals surface area contributed by atoms with Gasteiger partial charge in [-0.2, -0.15) is 5.10 Å². The number of hydrogen-bond donors (Lipinski definition) is 3. The number of primary amides is 1. The Kier molecular flexibility index (Phi) is 4.21. The van der Waals surface area contributed by atoms with Gasteiger partial charge in [-0.3, -0.25) is 5.32 Å². The Balaban J connectivity index is 2.13. The Morgan fingerprint density at radius 2 is 1.72 bits per heavy atom. The monoisotopic (exact) mass is 336 g/mol. The van der Waals surface area contributed by atoms with Gasteiger partial charge in [0.25, 0.3) is 0 Å². The van der Waals surface area contributed by atoms with Gasteiger partial charge in [-0.05, 0) is 31.2 Å². The fourth-order valence-corrected chi connectivity index (χ4v) is 2.56. The van der Waals surface area contributed by atoms with E-state index in [1.165, 1.54) is 12.1 Å². The van der Waals surface area contributed by atoms with Crippen molar-refractivity contribution in [2.24, 2.45) is 5.73 Å². The number of carbonyl (C=O) groups is 2. The van der Waals surface area contributed by atoms with Gasteiger partial charge in [-0.1, -0.05) is 30.3 Å². The number of para-hydroxylation sites is 1. The van der Waals surface area contributed by atoms with E-state index in [2.05, 4.69) is 10.4 Å². The molecule has 0 aliphatic carbocycles. The zero-order valence-corrected chi connectivity index (χ0v) is 13.4. The molecule has 0 aliphatic heterocycles. The lowest BCUT2D eigenvalue weighted by molar-refractivity contribution is 0.0697. The lowest BCUT2D eigenvalue weighted by Gasteiger charge is -2.07. The quantitative estimate of drug-likeness (QED) is 0.680. The van der Waals surface area contributed by atoms with E-state index in [0.29, 0.717) is 11.5 Å². The minimum Gasteiger partial charge on any atom is -0.478 e. The molecule has 1 aromatic heterocycles. The van der Waals surface area contributed by atoms with Crippen molar-refractivity contribution in [3.05, 3.63) is 65.7 Å². The minimum atomic E-state index is -0.992. The van der Waals surface area contributed by atoms with E-state index in [-0.39, 0.29) is 5.56 Å². The third-order valence-corrected chi connectivity index (χ3v) is 3.77. The highest BCUT2D eigenvalue weighted by molar-refractivity contribution is 5.90. The SMILES string of the molecule is Cc1c(-c2ccc(C(=O)O)cc2)nn(-c2ccccc2)c1NC(N)=O. The number of aromatic carboxylic acids is 1. The highest BCUT2D eigenvalue weighted by atomic mass is 16.4. The largest absolute Gasteiger partial charge is 0.478 e. The fraction of sp³-hybridized carbons (Fsp3) is 0.0556. The maximum absolute atomic E-state index is 11.4. The summed E-state index contributed by atoms with van der Waals surface area (Å²) in [7, 11) is 0. The van der Waals surface area contributed by atoms with Crippen LogP contribution in [0.5, 0.6) is 0 Å². The molecule has 0 saturated carbocycles. The predicted octanol–water partition coefficient (Wildman–Crippen LogP) is 3.04. The Labute approximate surface area is 143 Å². The van der Waals surface area contributed by atoms with Crippen LogP contribution in [0.25, 0.3) is 16.9 Å². The number of carboxylic acid groups (broad SMARTS) is 1. The molecule has 0 saturated heterocycles. The summed E-state index contributed by atoms with van der Waals surface area (Å²) in [5.74, 6) is -0.523. The average molecular weight is 336 g/mol. The second kappa shape index (κ2) is 6.48. The third kappa shape index (κ3) is 3.20. The van der Waals surface area contributed by atoms with Crippen molar-refractivity contribution < 1.29 is 14.7 Å². The molecule has 7 heteroatoms. The van der Waals surface area contributed by atoms with Crippen LogP contribution >= 0.6 is 0 Å². The molecule has 0 radical (unpaired) electrons. The van der Waals surface area contributed by atoms with Gasteiger partial charge in [0.15, 0.2) is 0 Å². The second-order valence-corrected chi connectivity index (χ2v) is 5.44. The summed E-state index contributed by atoms with van der Waals surface area (Å²) in [6.07, 6.45) is 0. The number of carboxylic acids is 1. The van der Waals surface area contributed by atoms with Gasteiger partial charge in [0.05, 0.1) is 16.9 Å². The topological polar surface area (TPSA) is 110 Å². The number of aromatic nitrogens is 2. The number of nitrogens with one attached hydrogen (secondary N) is 1. The molecule has 3 aromatic rings. The first-order valence-corrected chi connectivity index (χ1v) is 7.52. The fourth-order valence-electron chi connectivity index (χ4n) is 2.56. The number of hydrogen-bond acceptors (Lipinski definition) is 3. The van der Waals surface area contributed by atoms with Crippen molar-refractivity contribution in [3.8, 4) is 16.9 Å². The molecule has 0 fully saturated rings. The molecule has 7 nitrogen and oxygen atoms in total. The third-order valence-electron chi connectivity index (χ3n) is 3.77. The number of carbonyl (C=O) groups excluding carboxylic acids is 1.